The first-order valence-electron chi connectivity index (χ1n) is 8.80. The fourth-order valence-electron chi connectivity index (χ4n) is 2.96. The topological polar surface area (TPSA) is 75.7 Å². The molecule has 0 bridgehead atoms. The molecule has 0 aromatic heterocycles. The molecule has 28 heavy (non-hydrogen) atoms. The van der Waals surface area contributed by atoms with Gasteiger partial charge in [0, 0.05) is 5.69 Å². The number of aryl methyl sites for hydroxylation is 1. The third-order valence-corrected chi connectivity index (χ3v) is 6.06. The molecule has 2 aromatic rings. The van der Waals surface area contributed by atoms with Gasteiger partial charge in [0.05, 0.1) is 24.1 Å². The van der Waals surface area contributed by atoms with E-state index in [2.05, 4.69) is 5.32 Å². The average Bonchev–Trinajstić information content (AvgIpc) is 2.62. The Hall–Kier alpha value is -2.25. The predicted molar refractivity (Wildman–Crippen MR) is 114 cm³/mol. The number of benzene rings is 2. The molecule has 0 aliphatic heterocycles. The van der Waals surface area contributed by atoms with Gasteiger partial charge < -0.3 is 10.1 Å². The second kappa shape index (κ2) is 8.84. The maximum atomic E-state index is 13.0. The summed E-state index contributed by atoms with van der Waals surface area (Å²) in [5.41, 5.74) is 2.93. The standard InChI is InChI=1S/C20H25ClN2O4S/c1-6-18(20(24)22-17-9-7-8-13(2)14(17)3)23(28(5,25)26)15-10-11-19(27-4)16(21)12-15/h7-12,18H,6H2,1-5H3,(H,22,24)/t18-/m0/s1. The van der Waals surface area contributed by atoms with E-state index in [-0.39, 0.29) is 11.4 Å². The van der Waals surface area contributed by atoms with Crippen molar-refractivity contribution >= 4 is 38.9 Å². The van der Waals surface area contributed by atoms with Crippen LogP contribution < -0.4 is 14.4 Å². The second-order valence-corrected chi connectivity index (χ2v) is 8.81. The molecule has 1 atom stereocenters. The largest absolute Gasteiger partial charge is 0.495 e. The summed E-state index contributed by atoms with van der Waals surface area (Å²) < 4.78 is 31.3. The van der Waals surface area contributed by atoms with E-state index in [0.29, 0.717) is 17.1 Å². The van der Waals surface area contributed by atoms with E-state index >= 15 is 0 Å². The molecule has 2 rings (SSSR count). The molecular formula is C20H25ClN2O4S. The molecular weight excluding hydrogens is 400 g/mol. The van der Waals surface area contributed by atoms with Gasteiger partial charge in [-0.05, 0) is 55.7 Å². The first-order chi connectivity index (χ1) is 13.1. The van der Waals surface area contributed by atoms with Crippen LogP contribution in [0.3, 0.4) is 0 Å². The van der Waals surface area contributed by atoms with Crippen molar-refractivity contribution in [2.45, 2.75) is 33.2 Å². The maximum absolute atomic E-state index is 13.0. The Labute approximate surface area is 171 Å². The number of carbonyl (C=O) groups is 1. The highest BCUT2D eigenvalue weighted by Gasteiger charge is 2.32. The molecule has 1 N–H and O–H groups in total. The van der Waals surface area contributed by atoms with Crippen LogP contribution in [-0.4, -0.2) is 33.7 Å². The van der Waals surface area contributed by atoms with E-state index in [1.165, 1.54) is 13.2 Å². The summed E-state index contributed by atoms with van der Waals surface area (Å²) >= 11 is 6.17. The van der Waals surface area contributed by atoms with Gasteiger partial charge in [-0.2, -0.15) is 0 Å². The van der Waals surface area contributed by atoms with Crippen molar-refractivity contribution in [3.8, 4) is 5.75 Å². The molecule has 8 heteroatoms. The van der Waals surface area contributed by atoms with Crippen LogP contribution in [0.2, 0.25) is 5.02 Å². The summed E-state index contributed by atoms with van der Waals surface area (Å²) in [5, 5.41) is 3.12. The smallest absolute Gasteiger partial charge is 0.248 e. The molecule has 6 nitrogen and oxygen atoms in total. The molecule has 0 fully saturated rings. The van der Waals surface area contributed by atoms with Crippen LogP contribution in [0.15, 0.2) is 36.4 Å². The van der Waals surface area contributed by atoms with E-state index in [1.807, 2.05) is 26.0 Å². The SMILES string of the molecule is CC[C@@H](C(=O)Nc1cccc(C)c1C)N(c1ccc(OC)c(Cl)c1)S(C)(=O)=O. The van der Waals surface area contributed by atoms with E-state index in [0.717, 1.165) is 21.7 Å². The van der Waals surface area contributed by atoms with Crippen molar-refractivity contribution in [1.82, 2.24) is 0 Å². The molecule has 0 saturated heterocycles. The normalized spacial score (nSPS) is 12.4. The number of sulfonamides is 1. The number of nitrogens with one attached hydrogen (secondary N) is 1. The molecule has 0 radical (unpaired) electrons. The highest BCUT2D eigenvalue weighted by atomic mass is 35.5. The zero-order chi connectivity index (χ0) is 21.1. The molecule has 0 unspecified atom stereocenters. The third kappa shape index (κ3) is 4.77. The lowest BCUT2D eigenvalue weighted by molar-refractivity contribution is -0.117. The lowest BCUT2D eigenvalue weighted by Crippen LogP contribution is -2.47. The van der Waals surface area contributed by atoms with E-state index in [1.54, 1.807) is 25.1 Å². The average molecular weight is 425 g/mol. The molecule has 1 amide bonds. The van der Waals surface area contributed by atoms with Crippen molar-refractivity contribution in [2.24, 2.45) is 0 Å². The van der Waals surface area contributed by atoms with Gasteiger partial charge in [0.15, 0.2) is 0 Å². The molecule has 0 saturated carbocycles. The van der Waals surface area contributed by atoms with Gasteiger partial charge in [0.2, 0.25) is 15.9 Å². The van der Waals surface area contributed by atoms with Crippen LogP contribution in [0, 0.1) is 13.8 Å². The van der Waals surface area contributed by atoms with Gasteiger partial charge >= 0.3 is 0 Å². The van der Waals surface area contributed by atoms with Crippen molar-refractivity contribution in [3.63, 3.8) is 0 Å². The monoisotopic (exact) mass is 424 g/mol. The lowest BCUT2D eigenvalue weighted by atomic mass is 10.1. The second-order valence-electron chi connectivity index (χ2n) is 6.54. The summed E-state index contributed by atoms with van der Waals surface area (Å²) in [5.74, 6) is 0.0142. The Balaban J connectivity index is 2.44. The zero-order valence-corrected chi connectivity index (χ0v) is 18.2. The Morgan fingerprint density at radius 2 is 1.93 bits per heavy atom. The van der Waals surface area contributed by atoms with Crippen LogP contribution in [0.25, 0.3) is 0 Å². The van der Waals surface area contributed by atoms with E-state index < -0.39 is 22.0 Å². The van der Waals surface area contributed by atoms with Crippen LogP contribution in [-0.2, 0) is 14.8 Å². The number of carbonyl (C=O) groups excluding carboxylic acids is 1. The number of ether oxygens (including phenoxy) is 1. The van der Waals surface area contributed by atoms with Gasteiger partial charge in [-0.25, -0.2) is 8.42 Å². The van der Waals surface area contributed by atoms with Gasteiger partial charge in [-0.3, -0.25) is 9.10 Å². The van der Waals surface area contributed by atoms with Gasteiger partial charge in [-0.15, -0.1) is 0 Å². The molecule has 0 heterocycles. The quantitative estimate of drug-likeness (QED) is 0.724. The summed E-state index contributed by atoms with van der Waals surface area (Å²) in [6, 6.07) is 9.28. The number of methoxy groups -OCH3 is 1. The van der Waals surface area contributed by atoms with E-state index in [9.17, 15) is 13.2 Å². The predicted octanol–water partition coefficient (Wildman–Crippen LogP) is 4.15. The Bertz CT molecular complexity index is 976. The van der Waals surface area contributed by atoms with Crippen molar-refractivity contribution in [2.75, 3.05) is 23.0 Å². The van der Waals surface area contributed by atoms with Crippen molar-refractivity contribution < 1.29 is 17.9 Å². The summed E-state index contributed by atoms with van der Waals surface area (Å²) in [6.45, 7) is 5.62. The third-order valence-electron chi connectivity index (χ3n) is 4.58. The van der Waals surface area contributed by atoms with Crippen molar-refractivity contribution in [3.05, 3.63) is 52.5 Å². The Morgan fingerprint density at radius 3 is 2.46 bits per heavy atom. The minimum absolute atomic E-state index is 0.262. The summed E-state index contributed by atoms with van der Waals surface area (Å²) in [6.07, 6.45) is 1.35. The Kier molecular flexibility index (Phi) is 6.96. The molecule has 0 aliphatic rings. The number of hydrogen-bond acceptors (Lipinski definition) is 4. The van der Waals surface area contributed by atoms with E-state index in [4.69, 9.17) is 16.3 Å². The van der Waals surface area contributed by atoms with Crippen LogP contribution >= 0.6 is 11.6 Å². The molecule has 0 aliphatic carbocycles. The fraction of sp³-hybridized carbons (Fsp3) is 0.350. The number of rotatable bonds is 7. The van der Waals surface area contributed by atoms with Crippen LogP contribution in [0.1, 0.15) is 24.5 Å². The first-order valence-corrected chi connectivity index (χ1v) is 11.0. The number of anilines is 2. The minimum Gasteiger partial charge on any atom is -0.495 e. The van der Waals surface area contributed by atoms with Gasteiger partial charge in [-0.1, -0.05) is 30.7 Å². The summed E-state index contributed by atoms with van der Waals surface area (Å²) in [4.78, 5) is 13.0. The Morgan fingerprint density at radius 1 is 1.25 bits per heavy atom. The number of hydrogen-bond donors (Lipinski definition) is 1. The van der Waals surface area contributed by atoms with Gasteiger partial charge in [0.1, 0.15) is 11.8 Å². The van der Waals surface area contributed by atoms with Crippen LogP contribution in [0.4, 0.5) is 11.4 Å². The molecule has 2 aromatic carbocycles. The van der Waals surface area contributed by atoms with Gasteiger partial charge in [0.25, 0.3) is 0 Å². The lowest BCUT2D eigenvalue weighted by Gasteiger charge is -2.30. The van der Waals surface area contributed by atoms with Crippen LogP contribution in [0.5, 0.6) is 5.75 Å². The first kappa shape index (κ1) is 22.0. The minimum atomic E-state index is -3.75. The highest BCUT2D eigenvalue weighted by molar-refractivity contribution is 7.92. The zero-order valence-electron chi connectivity index (χ0n) is 16.6. The number of nitrogens with zero attached hydrogens (tertiary/aromatic N) is 1. The molecule has 152 valence electrons. The summed E-state index contributed by atoms with van der Waals surface area (Å²) in [7, 11) is -2.27. The number of halogens is 1. The maximum Gasteiger partial charge on any atom is 0.248 e. The van der Waals surface area contributed by atoms with Crippen molar-refractivity contribution in [1.29, 1.82) is 0 Å². The number of amides is 1. The highest BCUT2D eigenvalue weighted by Crippen LogP contribution is 2.32. The fourth-order valence-corrected chi connectivity index (χ4v) is 4.41. The molecule has 0 spiro atoms.